The van der Waals surface area contributed by atoms with Gasteiger partial charge in [0.2, 0.25) is 0 Å². The maximum absolute atomic E-state index is 11.6. The van der Waals surface area contributed by atoms with Crippen LogP contribution < -0.4 is 0 Å². The van der Waals surface area contributed by atoms with E-state index in [4.69, 9.17) is 21.1 Å². The number of ether oxygens (including phenoxy) is 2. The SMILES string of the molecule is O=C(OCCCCOCCCCCl)c1ccccc1. The second kappa shape index (κ2) is 10.8. The van der Waals surface area contributed by atoms with Gasteiger partial charge in [-0.2, -0.15) is 0 Å². The lowest BCUT2D eigenvalue weighted by atomic mass is 10.2. The lowest BCUT2D eigenvalue weighted by molar-refractivity contribution is 0.0481. The first-order chi connectivity index (χ1) is 9.34. The number of hydrogen-bond acceptors (Lipinski definition) is 3. The van der Waals surface area contributed by atoms with Gasteiger partial charge in [-0.1, -0.05) is 18.2 Å². The predicted molar refractivity (Wildman–Crippen MR) is 76.7 cm³/mol. The molecule has 4 heteroatoms. The highest BCUT2D eigenvalue weighted by molar-refractivity contribution is 6.17. The minimum atomic E-state index is -0.261. The maximum atomic E-state index is 11.6. The lowest BCUT2D eigenvalue weighted by Crippen LogP contribution is -2.07. The first-order valence-corrected chi connectivity index (χ1v) is 7.24. The van der Waals surface area contributed by atoms with Gasteiger partial charge in [-0.05, 0) is 37.8 Å². The number of rotatable bonds is 10. The van der Waals surface area contributed by atoms with E-state index < -0.39 is 0 Å². The molecule has 0 N–H and O–H groups in total. The smallest absolute Gasteiger partial charge is 0.338 e. The Morgan fingerprint density at radius 2 is 1.58 bits per heavy atom. The van der Waals surface area contributed by atoms with E-state index in [0.717, 1.165) is 32.3 Å². The zero-order valence-electron chi connectivity index (χ0n) is 11.1. The van der Waals surface area contributed by atoms with Crippen LogP contribution in [-0.2, 0) is 9.47 Å². The molecular formula is C15H21ClO3. The molecule has 0 aliphatic rings. The van der Waals surface area contributed by atoms with Crippen molar-refractivity contribution in [2.75, 3.05) is 25.7 Å². The second-order valence-corrected chi connectivity index (χ2v) is 4.60. The molecule has 0 saturated carbocycles. The minimum Gasteiger partial charge on any atom is -0.462 e. The van der Waals surface area contributed by atoms with E-state index in [1.54, 1.807) is 12.1 Å². The van der Waals surface area contributed by atoms with Crippen molar-refractivity contribution in [3.63, 3.8) is 0 Å². The van der Waals surface area contributed by atoms with Gasteiger partial charge in [-0.15, -0.1) is 11.6 Å². The fourth-order valence-corrected chi connectivity index (χ4v) is 1.72. The van der Waals surface area contributed by atoms with Crippen LogP contribution in [0.25, 0.3) is 0 Å². The van der Waals surface area contributed by atoms with Gasteiger partial charge in [0.15, 0.2) is 0 Å². The molecule has 0 amide bonds. The molecule has 1 aromatic rings. The highest BCUT2D eigenvalue weighted by atomic mass is 35.5. The van der Waals surface area contributed by atoms with Crippen molar-refractivity contribution in [1.82, 2.24) is 0 Å². The van der Waals surface area contributed by atoms with Crippen molar-refractivity contribution in [1.29, 1.82) is 0 Å². The molecule has 0 saturated heterocycles. The van der Waals surface area contributed by atoms with Crippen molar-refractivity contribution >= 4 is 17.6 Å². The van der Waals surface area contributed by atoms with Crippen LogP contribution in [0.4, 0.5) is 0 Å². The molecule has 1 rings (SSSR count). The van der Waals surface area contributed by atoms with Crippen LogP contribution in [0.15, 0.2) is 30.3 Å². The van der Waals surface area contributed by atoms with E-state index in [1.807, 2.05) is 18.2 Å². The van der Waals surface area contributed by atoms with Crippen LogP contribution >= 0.6 is 11.6 Å². The zero-order chi connectivity index (χ0) is 13.8. The zero-order valence-corrected chi connectivity index (χ0v) is 11.9. The van der Waals surface area contributed by atoms with E-state index in [0.29, 0.717) is 24.7 Å². The van der Waals surface area contributed by atoms with Crippen LogP contribution in [0.2, 0.25) is 0 Å². The van der Waals surface area contributed by atoms with Gasteiger partial charge >= 0.3 is 5.97 Å². The van der Waals surface area contributed by atoms with E-state index in [1.165, 1.54) is 0 Å². The number of benzene rings is 1. The molecule has 19 heavy (non-hydrogen) atoms. The van der Waals surface area contributed by atoms with Crippen LogP contribution in [0.5, 0.6) is 0 Å². The normalized spacial score (nSPS) is 10.4. The molecule has 0 aromatic heterocycles. The van der Waals surface area contributed by atoms with E-state index >= 15 is 0 Å². The molecular weight excluding hydrogens is 264 g/mol. The van der Waals surface area contributed by atoms with Crippen molar-refractivity contribution in [3.05, 3.63) is 35.9 Å². The molecule has 0 heterocycles. The molecule has 0 bridgehead atoms. The van der Waals surface area contributed by atoms with E-state index in [9.17, 15) is 4.79 Å². The van der Waals surface area contributed by atoms with Crippen LogP contribution in [-0.4, -0.2) is 31.7 Å². The van der Waals surface area contributed by atoms with Gasteiger partial charge in [-0.25, -0.2) is 4.79 Å². The molecule has 0 unspecified atom stereocenters. The van der Waals surface area contributed by atoms with Crippen LogP contribution in [0.3, 0.4) is 0 Å². The summed E-state index contributed by atoms with van der Waals surface area (Å²) in [7, 11) is 0. The first kappa shape index (κ1) is 16.0. The second-order valence-electron chi connectivity index (χ2n) is 4.22. The number of alkyl halides is 1. The fourth-order valence-electron chi connectivity index (χ4n) is 1.53. The Balaban J connectivity index is 1.95. The average molecular weight is 285 g/mol. The van der Waals surface area contributed by atoms with Gasteiger partial charge in [0, 0.05) is 19.1 Å². The van der Waals surface area contributed by atoms with Crippen LogP contribution in [0, 0.1) is 0 Å². The summed E-state index contributed by atoms with van der Waals surface area (Å²) in [5.74, 6) is 0.433. The van der Waals surface area contributed by atoms with Crippen molar-refractivity contribution in [3.8, 4) is 0 Å². The van der Waals surface area contributed by atoms with Crippen molar-refractivity contribution < 1.29 is 14.3 Å². The third kappa shape index (κ3) is 7.85. The number of halogens is 1. The molecule has 106 valence electrons. The Kier molecular flexibility index (Phi) is 9.11. The van der Waals surface area contributed by atoms with Gasteiger partial charge in [-0.3, -0.25) is 0 Å². The predicted octanol–water partition coefficient (Wildman–Crippen LogP) is 3.66. The molecule has 0 spiro atoms. The summed E-state index contributed by atoms with van der Waals surface area (Å²) in [6.07, 6.45) is 3.74. The van der Waals surface area contributed by atoms with Gasteiger partial charge in [0.05, 0.1) is 12.2 Å². The fraction of sp³-hybridized carbons (Fsp3) is 0.533. The lowest BCUT2D eigenvalue weighted by Gasteiger charge is -2.05. The monoisotopic (exact) mass is 284 g/mol. The maximum Gasteiger partial charge on any atom is 0.338 e. The van der Waals surface area contributed by atoms with Gasteiger partial charge in [0.25, 0.3) is 0 Å². The van der Waals surface area contributed by atoms with Crippen LogP contribution in [0.1, 0.15) is 36.0 Å². The average Bonchev–Trinajstić information content (AvgIpc) is 2.46. The molecule has 1 aromatic carbocycles. The molecule has 0 radical (unpaired) electrons. The minimum absolute atomic E-state index is 0.261. The summed E-state index contributed by atoms with van der Waals surface area (Å²) in [6, 6.07) is 9.03. The summed E-state index contributed by atoms with van der Waals surface area (Å²) < 4.78 is 10.6. The summed E-state index contributed by atoms with van der Waals surface area (Å²) in [6.45, 7) is 1.92. The molecule has 3 nitrogen and oxygen atoms in total. The standard InChI is InChI=1S/C15H21ClO3/c16-10-4-5-11-18-12-6-7-13-19-15(17)14-8-2-1-3-9-14/h1-3,8-9H,4-7,10-13H2. The molecule has 0 atom stereocenters. The molecule has 0 aliphatic carbocycles. The highest BCUT2D eigenvalue weighted by Crippen LogP contribution is 2.02. The third-order valence-corrected chi connectivity index (χ3v) is 2.87. The number of unbranched alkanes of at least 4 members (excludes halogenated alkanes) is 2. The Labute approximate surface area is 119 Å². The summed E-state index contributed by atoms with van der Waals surface area (Å²) in [5, 5.41) is 0. The number of hydrogen-bond donors (Lipinski definition) is 0. The van der Waals surface area contributed by atoms with Crippen molar-refractivity contribution in [2.24, 2.45) is 0 Å². The Hall–Kier alpha value is -1.06. The Morgan fingerprint density at radius 1 is 0.947 bits per heavy atom. The number of esters is 1. The van der Waals surface area contributed by atoms with E-state index in [2.05, 4.69) is 0 Å². The number of carbonyl (C=O) groups is 1. The quantitative estimate of drug-likeness (QED) is 0.374. The largest absolute Gasteiger partial charge is 0.462 e. The molecule has 0 fully saturated rings. The summed E-state index contributed by atoms with van der Waals surface area (Å²) in [4.78, 5) is 11.6. The van der Waals surface area contributed by atoms with Gasteiger partial charge in [0.1, 0.15) is 0 Å². The summed E-state index contributed by atoms with van der Waals surface area (Å²) in [5.41, 5.74) is 0.597. The highest BCUT2D eigenvalue weighted by Gasteiger charge is 2.04. The first-order valence-electron chi connectivity index (χ1n) is 6.70. The molecule has 0 aliphatic heterocycles. The Morgan fingerprint density at radius 3 is 2.26 bits per heavy atom. The summed E-state index contributed by atoms with van der Waals surface area (Å²) >= 11 is 5.56. The third-order valence-electron chi connectivity index (χ3n) is 2.60. The topological polar surface area (TPSA) is 35.5 Å². The Bertz CT molecular complexity index is 341. The van der Waals surface area contributed by atoms with Crippen molar-refractivity contribution in [2.45, 2.75) is 25.7 Å². The number of carbonyl (C=O) groups excluding carboxylic acids is 1. The van der Waals surface area contributed by atoms with Gasteiger partial charge < -0.3 is 9.47 Å². The van der Waals surface area contributed by atoms with E-state index in [-0.39, 0.29) is 5.97 Å².